The van der Waals surface area contributed by atoms with E-state index in [1.165, 1.54) is 0 Å². The summed E-state index contributed by atoms with van der Waals surface area (Å²) >= 11 is 3.55. The summed E-state index contributed by atoms with van der Waals surface area (Å²) in [5.74, 6) is -0.0280. The Labute approximate surface area is 188 Å². The molecule has 0 radical (unpaired) electrons. The van der Waals surface area contributed by atoms with Crippen LogP contribution in [0, 0.1) is 11.3 Å². The van der Waals surface area contributed by atoms with Crippen LogP contribution in [0.4, 0.5) is 5.69 Å². The molecule has 0 bridgehead atoms. The van der Waals surface area contributed by atoms with Gasteiger partial charge in [-0.1, -0.05) is 34.1 Å². The smallest absolute Gasteiger partial charge is 0.270 e. The molecule has 2 aliphatic rings. The van der Waals surface area contributed by atoms with Crippen LogP contribution in [0.5, 0.6) is 0 Å². The highest BCUT2D eigenvalue weighted by molar-refractivity contribution is 9.10. The maximum atomic E-state index is 13.4. The Balaban J connectivity index is 1.43. The maximum absolute atomic E-state index is 13.4. The number of carbonyl (C=O) groups is 2. The number of nitrogens with one attached hydrogen (secondary N) is 1. The van der Waals surface area contributed by atoms with E-state index in [0.717, 1.165) is 39.5 Å². The van der Waals surface area contributed by atoms with Crippen LogP contribution in [0.1, 0.15) is 35.3 Å². The quantitative estimate of drug-likeness (QED) is 0.593. The van der Waals surface area contributed by atoms with Crippen LogP contribution in [0.15, 0.2) is 53.0 Å². The van der Waals surface area contributed by atoms with Gasteiger partial charge in [-0.15, -0.1) is 0 Å². The van der Waals surface area contributed by atoms with Gasteiger partial charge in [-0.05, 0) is 48.7 Å². The SMILES string of the molecule is N#CCn1c(C(=O)N2CCC3(CC2)CC(=O)Nc2ccc(Br)cc23)cc2ccccc21. The van der Waals surface area contributed by atoms with E-state index < -0.39 is 0 Å². The molecule has 1 aromatic heterocycles. The Kier molecular flexibility index (Phi) is 4.82. The van der Waals surface area contributed by atoms with E-state index >= 15 is 0 Å². The van der Waals surface area contributed by atoms with Gasteiger partial charge >= 0.3 is 0 Å². The van der Waals surface area contributed by atoms with Gasteiger partial charge in [0.1, 0.15) is 12.2 Å². The zero-order valence-corrected chi connectivity index (χ0v) is 18.5. The summed E-state index contributed by atoms with van der Waals surface area (Å²) in [5.41, 5.74) is 3.20. The first-order valence-corrected chi connectivity index (χ1v) is 11.1. The number of nitrogens with zero attached hydrogens (tertiary/aromatic N) is 3. The fraction of sp³-hybridized carbons (Fsp3) is 0.292. The fourth-order valence-corrected chi connectivity index (χ4v) is 5.40. The van der Waals surface area contributed by atoms with Crippen LogP contribution >= 0.6 is 15.9 Å². The molecule has 0 saturated carbocycles. The number of piperidine rings is 1. The lowest BCUT2D eigenvalue weighted by Gasteiger charge is -2.45. The summed E-state index contributed by atoms with van der Waals surface area (Å²) in [4.78, 5) is 27.7. The summed E-state index contributed by atoms with van der Waals surface area (Å²) in [6.45, 7) is 1.28. The first kappa shape index (κ1) is 19.8. The van der Waals surface area contributed by atoms with Crippen molar-refractivity contribution in [3.63, 3.8) is 0 Å². The molecule has 3 aromatic rings. The molecule has 1 saturated heterocycles. The van der Waals surface area contributed by atoms with Gasteiger partial charge in [0.25, 0.3) is 5.91 Å². The van der Waals surface area contributed by atoms with E-state index in [2.05, 4.69) is 33.4 Å². The minimum absolute atomic E-state index is 0.0312. The molecule has 3 heterocycles. The van der Waals surface area contributed by atoms with Crippen molar-refractivity contribution in [1.29, 1.82) is 5.26 Å². The van der Waals surface area contributed by atoms with Gasteiger partial charge in [0, 0.05) is 46.0 Å². The Morgan fingerprint density at radius 3 is 2.71 bits per heavy atom. The van der Waals surface area contributed by atoms with Crippen LogP contribution in [0.3, 0.4) is 0 Å². The highest BCUT2D eigenvalue weighted by atomic mass is 79.9. The third kappa shape index (κ3) is 3.31. The number of para-hydroxylation sites is 1. The van der Waals surface area contributed by atoms with Crippen molar-refractivity contribution in [3.8, 4) is 6.07 Å². The molecule has 0 atom stereocenters. The lowest BCUT2D eigenvalue weighted by molar-refractivity contribution is -0.118. The standard InChI is InChI=1S/C24H21BrN4O2/c25-17-5-6-19-18(14-17)24(15-22(30)27-19)7-10-28(11-8-24)23(31)21-13-16-3-1-2-4-20(16)29(21)12-9-26/h1-6,13-14H,7-8,10-12,15H2,(H,27,30). The number of carbonyl (C=O) groups excluding carboxylic acids is 2. The number of benzene rings is 2. The van der Waals surface area contributed by atoms with Gasteiger partial charge in [-0.3, -0.25) is 9.59 Å². The number of nitriles is 1. The van der Waals surface area contributed by atoms with Crippen LogP contribution < -0.4 is 5.32 Å². The molecule has 0 aliphatic carbocycles. The van der Waals surface area contributed by atoms with Crippen LogP contribution in [0.2, 0.25) is 0 Å². The third-order valence-corrected chi connectivity index (χ3v) is 7.09. The number of likely N-dealkylation sites (tertiary alicyclic amines) is 1. The summed E-state index contributed by atoms with van der Waals surface area (Å²) in [7, 11) is 0. The number of hydrogen-bond acceptors (Lipinski definition) is 3. The monoisotopic (exact) mass is 476 g/mol. The topological polar surface area (TPSA) is 78.1 Å². The number of hydrogen-bond donors (Lipinski definition) is 1. The Morgan fingerprint density at radius 1 is 1.16 bits per heavy atom. The van der Waals surface area contributed by atoms with Crippen LogP contribution in [-0.4, -0.2) is 34.4 Å². The molecule has 31 heavy (non-hydrogen) atoms. The number of amides is 2. The second-order valence-corrected chi connectivity index (χ2v) is 9.24. The number of fused-ring (bicyclic) bond motifs is 3. The summed E-state index contributed by atoms with van der Waals surface area (Å²) in [6, 6.07) is 17.8. The molecule has 156 valence electrons. The molecular weight excluding hydrogens is 456 g/mol. The molecule has 1 N–H and O–H groups in total. The Bertz CT molecular complexity index is 1250. The average molecular weight is 477 g/mol. The van der Waals surface area contributed by atoms with Crippen molar-refractivity contribution < 1.29 is 9.59 Å². The van der Waals surface area contributed by atoms with E-state index in [4.69, 9.17) is 0 Å². The molecule has 2 aromatic carbocycles. The van der Waals surface area contributed by atoms with Gasteiger partial charge in [-0.25, -0.2) is 0 Å². The van der Waals surface area contributed by atoms with Crippen molar-refractivity contribution in [2.75, 3.05) is 18.4 Å². The fourth-order valence-electron chi connectivity index (χ4n) is 5.04. The second-order valence-electron chi connectivity index (χ2n) is 8.32. The number of anilines is 1. The summed E-state index contributed by atoms with van der Waals surface area (Å²) in [5, 5.41) is 13.2. The molecule has 2 amide bonds. The Morgan fingerprint density at radius 2 is 1.94 bits per heavy atom. The lowest BCUT2D eigenvalue weighted by Crippen LogP contribution is -2.48. The number of aromatic nitrogens is 1. The lowest BCUT2D eigenvalue weighted by atomic mass is 9.68. The highest BCUT2D eigenvalue weighted by Gasteiger charge is 2.43. The van der Waals surface area contributed by atoms with Gasteiger partial charge in [-0.2, -0.15) is 5.26 Å². The van der Waals surface area contributed by atoms with E-state index in [9.17, 15) is 14.9 Å². The highest BCUT2D eigenvalue weighted by Crippen LogP contribution is 2.46. The summed E-state index contributed by atoms with van der Waals surface area (Å²) in [6.07, 6.45) is 1.90. The predicted octanol–water partition coefficient (Wildman–Crippen LogP) is 4.44. The Hall–Kier alpha value is -3.11. The zero-order valence-electron chi connectivity index (χ0n) is 16.9. The molecule has 1 fully saturated rings. The van der Waals surface area contributed by atoms with Crippen LogP contribution in [-0.2, 0) is 16.8 Å². The van der Waals surface area contributed by atoms with Gasteiger partial charge in [0.15, 0.2) is 0 Å². The average Bonchev–Trinajstić information content (AvgIpc) is 3.13. The second kappa shape index (κ2) is 7.54. The largest absolute Gasteiger partial charge is 0.337 e. The van der Waals surface area contributed by atoms with Crippen molar-refractivity contribution >= 4 is 44.3 Å². The molecule has 5 rings (SSSR count). The van der Waals surface area contributed by atoms with Crippen molar-refractivity contribution in [3.05, 3.63) is 64.3 Å². The predicted molar refractivity (Wildman–Crippen MR) is 122 cm³/mol. The first-order chi connectivity index (χ1) is 15.0. The van der Waals surface area contributed by atoms with Gasteiger partial charge in [0.2, 0.25) is 5.91 Å². The molecule has 1 spiro atoms. The van der Waals surface area contributed by atoms with E-state index in [1.54, 1.807) is 4.57 Å². The third-order valence-electron chi connectivity index (χ3n) is 6.59. The summed E-state index contributed by atoms with van der Waals surface area (Å²) < 4.78 is 2.78. The minimum Gasteiger partial charge on any atom is -0.337 e. The first-order valence-electron chi connectivity index (χ1n) is 10.4. The van der Waals surface area contributed by atoms with E-state index in [0.29, 0.717) is 25.2 Å². The molecule has 2 aliphatic heterocycles. The molecule has 6 nitrogen and oxygen atoms in total. The minimum atomic E-state index is -0.252. The van der Waals surface area contributed by atoms with Crippen molar-refractivity contribution in [1.82, 2.24) is 9.47 Å². The molecule has 7 heteroatoms. The maximum Gasteiger partial charge on any atom is 0.270 e. The normalized spacial score (nSPS) is 17.3. The van der Waals surface area contributed by atoms with Crippen molar-refractivity contribution in [2.45, 2.75) is 31.2 Å². The van der Waals surface area contributed by atoms with E-state index in [-0.39, 0.29) is 23.8 Å². The van der Waals surface area contributed by atoms with Gasteiger partial charge in [0.05, 0.1) is 6.07 Å². The van der Waals surface area contributed by atoms with Crippen LogP contribution in [0.25, 0.3) is 10.9 Å². The zero-order chi connectivity index (χ0) is 21.6. The van der Waals surface area contributed by atoms with Crippen molar-refractivity contribution in [2.24, 2.45) is 0 Å². The molecular formula is C24H21BrN4O2. The molecule has 0 unspecified atom stereocenters. The van der Waals surface area contributed by atoms with Gasteiger partial charge < -0.3 is 14.8 Å². The number of halogens is 1. The number of rotatable bonds is 2. The van der Waals surface area contributed by atoms with E-state index in [1.807, 2.05) is 47.4 Å².